The molecule has 2 aromatic rings. The van der Waals surface area contributed by atoms with Gasteiger partial charge in [-0.2, -0.15) is 5.10 Å². The monoisotopic (exact) mass is 448 g/mol. The van der Waals surface area contributed by atoms with Crippen LogP contribution in [0.1, 0.15) is 11.1 Å². The number of nitrogens with zero attached hydrogens (tertiary/aromatic N) is 3. The van der Waals surface area contributed by atoms with Crippen molar-refractivity contribution in [2.45, 2.75) is 6.54 Å². The summed E-state index contributed by atoms with van der Waals surface area (Å²) in [6, 6.07) is 15.7. The number of amides is 1. The van der Waals surface area contributed by atoms with Gasteiger partial charge >= 0.3 is 0 Å². The molecule has 3 rings (SSSR count). The highest BCUT2D eigenvalue weighted by molar-refractivity contribution is 9.10. The molecule has 0 aromatic heterocycles. The first-order chi connectivity index (χ1) is 13.1. The average Bonchev–Trinajstić information content (AvgIpc) is 2.67. The van der Waals surface area contributed by atoms with Crippen LogP contribution < -0.4 is 5.43 Å². The number of piperazine rings is 1. The first-order valence-corrected chi connectivity index (χ1v) is 10.0. The third kappa shape index (κ3) is 6.43. The van der Waals surface area contributed by atoms with Gasteiger partial charge in [0.2, 0.25) is 0 Å². The molecule has 1 amide bonds. The van der Waals surface area contributed by atoms with Crippen molar-refractivity contribution >= 4 is 39.7 Å². The van der Waals surface area contributed by atoms with Gasteiger partial charge in [-0.3, -0.25) is 14.6 Å². The molecule has 2 aromatic carbocycles. The fourth-order valence-corrected chi connectivity index (χ4v) is 3.46. The molecule has 1 aliphatic heterocycles. The van der Waals surface area contributed by atoms with E-state index in [0.29, 0.717) is 6.54 Å². The van der Waals surface area contributed by atoms with Crippen molar-refractivity contribution in [1.29, 1.82) is 0 Å². The summed E-state index contributed by atoms with van der Waals surface area (Å²) in [5.41, 5.74) is 4.79. The van der Waals surface area contributed by atoms with E-state index < -0.39 is 0 Å². The Hall–Kier alpha value is -1.73. The molecule has 0 bridgehead atoms. The molecule has 1 heterocycles. The highest BCUT2D eigenvalue weighted by Gasteiger charge is 2.18. The lowest BCUT2D eigenvalue weighted by atomic mass is 10.2. The van der Waals surface area contributed by atoms with Gasteiger partial charge in [0, 0.05) is 47.8 Å². The first kappa shape index (κ1) is 20.0. The van der Waals surface area contributed by atoms with Crippen molar-refractivity contribution in [2.24, 2.45) is 5.10 Å². The van der Waals surface area contributed by atoms with E-state index >= 15 is 0 Å². The smallest absolute Gasteiger partial charge is 0.254 e. The largest absolute Gasteiger partial charge is 0.297 e. The highest BCUT2D eigenvalue weighted by atomic mass is 79.9. The van der Waals surface area contributed by atoms with E-state index in [9.17, 15) is 4.79 Å². The Labute approximate surface area is 173 Å². The van der Waals surface area contributed by atoms with Crippen LogP contribution in [0.15, 0.2) is 58.1 Å². The molecular weight excluding hydrogens is 428 g/mol. The van der Waals surface area contributed by atoms with Crippen LogP contribution in [0.3, 0.4) is 0 Å². The first-order valence-electron chi connectivity index (χ1n) is 8.86. The Bertz CT molecular complexity index is 789. The van der Waals surface area contributed by atoms with Crippen LogP contribution in [0.25, 0.3) is 0 Å². The van der Waals surface area contributed by atoms with Crippen LogP contribution in [0.4, 0.5) is 0 Å². The second-order valence-corrected chi connectivity index (χ2v) is 7.78. The number of carbonyl (C=O) groups excluding carboxylic acids is 1. The lowest BCUT2D eigenvalue weighted by Crippen LogP contribution is -2.48. The zero-order valence-electron chi connectivity index (χ0n) is 14.9. The van der Waals surface area contributed by atoms with Gasteiger partial charge < -0.3 is 0 Å². The molecule has 0 unspecified atom stereocenters. The fourth-order valence-electron chi connectivity index (χ4n) is 2.95. The van der Waals surface area contributed by atoms with Gasteiger partial charge in [-0.25, -0.2) is 5.43 Å². The van der Waals surface area contributed by atoms with Crippen LogP contribution in [-0.2, 0) is 11.3 Å². The van der Waals surface area contributed by atoms with Gasteiger partial charge in [0.05, 0.1) is 12.8 Å². The van der Waals surface area contributed by atoms with E-state index in [4.69, 9.17) is 11.6 Å². The minimum atomic E-state index is -0.0931. The number of benzene rings is 2. The Morgan fingerprint density at radius 3 is 2.44 bits per heavy atom. The summed E-state index contributed by atoms with van der Waals surface area (Å²) >= 11 is 9.38. The minimum absolute atomic E-state index is 0.0931. The van der Waals surface area contributed by atoms with Gasteiger partial charge in [-0.05, 0) is 23.8 Å². The van der Waals surface area contributed by atoms with Crippen molar-refractivity contribution in [1.82, 2.24) is 15.2 Å². The molecule has 0 atom stereocenters. The molecule has 7 heteroatoms. The van der Waals surface area contributed by atoms with Gasteiger partial charge in [-0.15, -0.1) is 0 Å². The SMILES string of the molecule is O=C(CN1CCN(Cc2ccc(Cl)cc2)CC1)N/N=C\c1ccccc1Br. The summed E-state index contributed by atoms with van der Waals surface area (Å²) < 4.78 is 0.944. The van der Waals surface area contributed by atoms with E-state index in [1.165, 1.54) is 5.56 Å². The van der Waals surface area contributed by atoms with Crippen LogP contribution in [0.2, 0.25) is 5.02 Å². The molecule has 0 saturated carbocycles. The molecule has 0 spiro atoms. The Kier molecular flexibility index (Phi) is 7.41. The van der Waals surface area contributed by atoms with Gasteiger partial charge in [0.15, 0.2) is 0 Å². The highest BCUT2D eigenvalue weighted by Crippen LogP contribution is 2.14. The maximum atomic E-state index is 12.1. The topological polar surface area (TPSA) is 47.9 Å². The van der Waals surface area contributed by atoms with Gasteiger partial charge in [0.1, 0.15) is 0 Å². The van der Waals surface area contributed by atoms with E-state index in [1.807, 2.05) is 36.4 Å². The standard InChI is InChI=1S/C20H22BrClN4O/c21-19-4-2-1-3-17(19)13-23-24-20(27)15-26-11-9-25(10-12-26)14-16-5-7-18(22)8-6-16/h1-8,13H,9-12,14-15H2,(H,24,27)/b23-13-. The molecule has 27 heavy (non-hydrogen) atoms. The number of halogens is 2. The molecule has 5 nitrogen and oxygen atoms in total. The summed E-state index contributed by atoms with van der Waals surface area (Å²) in [6.07, 6.45) is 1.64. The number of nitrogens with one attached hydrogen (secondary N) is 1. The summed E-state index contributed by atoms with van der Waals surface area (Å²) in [5.74, 6) is -0.0931. The van der Waals surface area contributed by atoms with Crippen LogP contribution in [0, 0.1) is 0 Å². The average molecular weight is 450 g/mol. The maximum Gasteiger partial charge on any atom is 0.254 e. The summed E-state index contributed by atoms with van der Waals surface area (Å²) in [7, 11) is 0. The van der Waals surface area contributed by atoms with E-state index in [0.717, 1.165) is 47.8 Å². The van der Waals surface area contributed by atoms with Gasteiger partial charge in [-0.1, -0.05) is 57.9 Å². The molecular formula is C20H22BrClN4O. The van der Waals surface area contributed by atoms with E-state index in [-0.39, 0.29) is 5.91 Å². The number of hydrogen-bond donors (Lipinski definition) is 1. The molecule has 1 aliphatic rings. The second kappa shape index (κ2) is 9.99. The Balaban J connectivity index is 1.39. The predicted molar refractivity (Wildman–Crippen MR) is 113 cm³/mol. The number of carbonyl (C=O) groups is 1. The van der Waals surface area contributed by atoms with Crippen molar-refractivity contribution in [2.75, 3.05) is 32.7 Å². The van der Waals surface area contributed by atoms with Crippen LogP contribution in [0.5, 0.6) is 0 Å². The predicted octanol–water partition coefficient (Wildman–Crippen LogP) is 3.37. The van der Waals surface area contributed by atoms with Crippen molar-refractivity contribution in [3.63, 3.8) is 0 Å². The Morgan fingerprint density at radius 2 is 1.74 bits per heavy atom. The Morgan fingerprint density at radius 1 is 1.07 bits per heavy atom. The zero-order valence-corrected chi connectivity index (χ0v) is 17.3. The number of rotatable bonds is 6. The molecule has 0 aliphatic carbocycles. The third-order valence-corrected chi connectivity index (χ3v) is 5.42. The normalized spacial score (nSPS) is 15.9. The molecule has 142 valence electrons. The lowest BCUT2D eigenvalue weighted by molar-refractivity contribution is -0.122. The summed E-state index contributed by atoms with van der Waals surface area (Å²) in [5, 5.41) is 4.80. The van der Waals surface area contributed by atoms with Crippen LogP contribution in [-0.4, -0.2) is 54.6 Å². The minimum Gasteiger partial charge on any atom is -0.297 e. The lowest BCUT2D eigenvalue weighted by Gasteiger charge is -2.34. The second-order valence-electron chi connectivity index (χ2n) is 6.49. The van der Waals surface area contributed by atoms with E-state index in [1.54, 1.807) is 6.21 Å². The molecule has 1 N–H and O–H groups in total. The number of hydrogen-bond acceptors (Lipinski definition) is 4. The fraction of sp³-hybridized carbons (Fsp3) is 0.300. The molecule has 1 fully saturated rings. The number of hydrazone groups is 1. The third-order valence-electron chi connectivity index (χ3n) is 4.45. The quantitative estimate of drug-likeness (QED) is 0.543. The van der Waals surface area contributed by atoms with Crippen molar-refractivity contribution in [3.8, 4) is 0 Å². The van der Waals surface area contributed by atoms with Crippen LogP contribution >= 0.6 is 27.5 Å². The zero-order chi connectivity index (χ0) is 19.1. The maximum absolute atomic E-state index is 12.1. The van der Waals surface area contributed by atoms with Crippen molar-refractivity contribution < 1.29 is 4.79 Å². The molecule has 0 radical (unpaired) electrons. The summed E-state index contributed by atoms with van der Waals surface area (Å²) in [6.45, 7) is 4.89. The van der Waals surface area contributed by atoms with E-state index in [2.05, 4.69) is 48.4 Å². The summed E-state index contributed by atoms with van der Waals surface area (Å²) in [4.78, 5) is 16.6. The van der Waals surface area contributed by atoms with Gasteiger partial charge in [0.25, 0.3) is 5.91 Å². The molecule has 1 saturated heterocycles. The van der Waals surface area contributed by atoms with Crippen molar-refractivity contribution in [3.05, 3.63) is 69.2 Å².